The fourth-order valence-electron chi connectivity index (χ4n) is 5.15. The lowest BCUT2D eigenvalue weighted by Crippen LogP contribution is -2.54. The molecule has 1 aliphatic heterocycles. The molecule has 0 saturated carbocycles. The number of unbranched alkanes of at least 4 members (excludes halogenated alkanes) is 1. The van der Waals surface area contributed by atoms with Crippen molar-refractivity contribution in [3.05, 3.63) is 77.1 Å². The maximum absolute atomic E-state index is 13.5. The third-order valence-corrected chi connectivity index (χ3v) is 7.36. The number of nitrogens with zero attached hydrogens (tertiary/aromatic N) is 3. The zero-order chi connectivity index (χ0) is 23.4. The minimum atomic E-state index is 0. The Labute approximate surface area is 211 Å². The summed E-state index contributed by atoms with van der Waals surface area (Å²) < 4.78 is 2.05. The predicted molar refractivity (Wildman–Crippen MR) is 145 cm³/mol. The number of halogens is 1. The van der Waals surface area contributed by atoms with Gasteiger partial charge in [-0.25, -0.2) is 0 Å². The summed E-state index contributed by atoms with van der Waals surface area (Å²) in [7, 11) is 2.24. The Hall–Kier alpha value is -2.14. The number of pyridine rings is 1. The van der Waals surface area contributed by atoms with Crippen molar-refractivity contribution in [2.45, 2.75) is 65.0 Å². The van der Waals surface area contributed by atoms with Gasteiger partial charge in [0.25, 0.3) is 0 Å². The van der Waals surface area contributed by atoms with Crippen LogP contribution in [0.2, 0.25) is 0 Å². The number of aromatic nitrogens is 1. The van der Waals surface area contributed by atoms with Crippen molar-refractivity contribution >= 4 is 23.7 Å². The van der Waals surface area contributed by atoms with E-state index in [0.29, 0.717) is 12.1 Å². The molecule has 0 radical (unpaired) electrons. The lowest BCUT2D eigenvalue weighted by molar-refractivity contribution is 0.0595. The van der Waals surface area contributed by atoms with Crippen molar-refractivity contribution < 1.29 is 4.79 Å². The number of carbonyl (C=O) groups excluding carboxylic acids is 1. The highest BCUT2D eigenvalue weighted by Crippen LogP contribution is 2.23. The number of hydrogen-bond donors (Lipinski definition) is 0. The molecular weight excluding hydrogens is 442 g/mol. The number of benzene rings is 1. The molecule has 0 bridgehead atoms. The fraction of sp³-hybridized carbons (Fsp3) is 0.483. The molecule has 2 aromatic heterocycles. The molecule has 0 aliphatic carbocycles. The van der Waals surface area contributed by atoms with E-state index in [4.69, 9.17) is 0 Å². The Morgan fingerprint density at radius 2 is 1.68 bits per heavy atom. The van der Waals surface area contributed by atoms with Crippen LogP contribution in [0.1, 0.15) is 67.2 Å². The van der Waals surface area contributed by atoms with Gasteiger partial charge in [0, 0.05) is 42.5 Å². The second-order valence-corrected chi connectivity index (χ2v) is 9.87. The van der Waals surface area contributed by atoms with Crippen molar-refractivity contribution in [2.24, 2.45) is 0 Å². The maximum Gasteiger partial charge on any atom is 0.210 e. The van der Waals surface area contributed by atoms with E-state index in [9.17, 15) is 4.79 Å². The smallest absolute Gasteiger partial charge is 0.210 e. The van der Waals surface area contributed by atoms with Gasteiger partial charge < -0.3 is 9.30 Å². The lowest BCUT2D eigenvalue weighted by Gasteiger charge is -2.42. The average molecular weight is 482 g/mol. The topological polar surface area (TPSA) is 28.0 Å². The van der Waals surface area contributed by atoms with E-state index < -0.39 is 0 Å². The van der Waals surface area contributed by atoms with E-state index in [-0.39, 0.29) is 18.2 Å². The summed E-state index contributed by atoms with van der Waals surface area (Å²) in [6.07, 6.45) is 7.38. The van der Waals surface area contributed by atoms with E-state index in [0.717, 1.165) is 74.1 Å². The molecule has 5 heteroatoms. The molecule has 0 spiro atoms. The summed E-state index contributed by atoms with van der Waals surface area (Å²) in [5, 5.41) is 0. The summed E-state index contributed by atoms with van der Waals surface area (Å²) in [5.41, 5.74) is 5.17. The Balaban J connectivity index is 0.00000324. The first-order chi connectivity index (χ1) is 16.0. The van der Waals surface area contributed by atoms with Crippen molar-refractivity contribution in [3.63, 3.8) is 0 Å². The normalized spacial score (nSPS) is 19.3. The third kappa shape index (κ3) is 5.91. The number of aryl methyl sites for hydroxylation is 2. The molecule has 4 nitrogen and oxygen atoms in total. The van der Waals surface area contributed by atoms with Gasteiger partial charge in [0.15, 0.2) is 0 Å². The van der Waals surface area contributed by atoms with Gasteiger partial charge in [-0.05, 0) is 82.4 Å². The van der Waals surface area contributed by atoms with Gasteiger partial charge in [0.1, 0.15) is 0 Å². The number of carbonyl (C=O) groups is 1. The molecule has 1 fully saturated rings. The summed E-state index contributed by atoms with van der Waals surface area (Å²) in [4.78, 5) is 18.6. The van der Waals surface area contributed by atoms with E-state index in [1.165, 1.54) is 5.56 Å². The van der Waals surface area contributed by atoms with Crippen LogP contribution in [-0.4, -0.2) is 58.7 Å². The number of hydrogen-bond acceptors (Lipinski definition) is 3. The number of likely N-dealkylation sites (N-methyl/N-ethyl adjacent to an activating group) is 1. The average Bonchev–Trinajstić information content (AvgIpc) is 3.19. The van der Waals surface area contributed by atoms with Crippen molar-refractivity contribution in [1.29, 1.82) is 0 Å². The van der Waals surface area contributed by atoms with Crippen LogP contribution in [0.4, 0.5) is 0 Å². The van der Waals surface area contributed by atoms with Crippen molar-refractivity contribution in [2.75, 3.05) is 26.7 Å². The lowest BCUT2D eigenvalue weighted by atomic mass is 10.00. The van der Waals surface area contributed by atoms with Crippen LogP contribution in [0.3, 0.4) is 0 Å². The Morgan fingerprint density at radius 1 is 0.971 bits per heavy atom. The third-order valence-electron chi connectivity index (χ3n) is 7.36. The van der Waals surface area contributed by atoms with Gasteiger partial charge in [-0.15, -0.1) is 12.4 Å². The molecule has 3 heterocycles. The first-order valence-electron chi connectivity index (χ1n) is 12.6. The highest BCUT2D eigenvalue weighted by Gasteiger charge is 2.25. The summed E-state index contributed by atoms with van der Waals surface area (Å²) in [5.74, 6) is 0.124. The van der Waals surface area contributed by atoms with E-state index in [1.54, 1.807) is 0 Å². The molecule has 3 aromatic rings. The summed E-state index contributed by atoms with van der Waals surface area (Å²) in [6.45, 7) is 10.3. The molecule has 34 heavy (non-hydrogen) atoms. The Morgan fingerprint density at radius 3 is 2.35 bits per heavy atom. The summed E-state index contributed by atoms with van der Waals surface area (Å²) >= 11 is 0. The minimum Gasteiger partial charge on any atom is -0.313 e. The first-order valence-corrected chi connectivity index (χ1v) is 12.6. The molecule has 184 valence electrons. The van der Waals surface area contributed by atoms with Gasteiger partial charge in [0.2, 0.25) is 5.78 Å². The monoisotopic (exact) mass is 481 g/mol. The first kappa shape index (κ1) is 26.5. The van der Waals surface area contributed by atoms with Crippen molar-refractivity contribution in [1.82, 2.24) is 14.2 Å². The Bertz CT molecular complexity index is 1060. The molecule has 0 unspecified atom stereocenters. The largest absolute Gasteiger partial charge is 0.313 e. The van der Waals surface area contributed by atoms with Crippen LogP contribution in [0.15, 0.2) is 54.7 Å². The standard InChI is InChI=1S/C29H39N3O.ClH/c1-5-6-11-26-19-27-12-7-8-18-32(27)28(26)29(33)25-15-13-24(14-16-25)10-9-17-31-20-22(2)30(4)23(3)21-31;/h7-8,12-16,18-19,22-23H,5-6,9-11,17,20-21H2,1-4H3;1H/t22-,23+;. The Kier molecular flexibility index (Phi) is 9.35. The van der Waals surface area contributed by atoms with Crippen LogP contribution in [-0.2, 0) is 12.8 Å². The van der Waals surface area contributed by atoms with Gasteiger partial charge >= 0.3 is 0 Å². The van der Waals surface area contributed by atoms with Crippen LogP contribution >= 0.6 is 12.4 Å². The van der Waals surface area contributed by atoms with E-state index in [2.05, 4.69) is 66.3 Å². The van der Waals surface area contributed by atoms with Crippen LogP contribution in [0, 0.1) is 0 Å². The number of ketones is 1. The number of rotatable bonds is 9. The SMILES string of the molecule is CCCCc1cc2ccccn2c1C(=O)c1ccc(CCCN2C[C@@H](C)N(C)[C@@H](C)C2)cc1.Cl. The fourth-order valence-corrected chi connectivity index (χ4v) is 5.15. The molecule has 1 aliphatic rings. The van der Waals surface area contributed by atoms with Crippen LogP contribution < -0.4 is 0 Å². The predicted octanol–water partition coefficient (Wildman–Crippen LogP) is 5.89. The zero-order valence-electron chi connectivity index (χ0n) is 21.2. The maximum atomic E-state index is 13.5. The van der Waals surface area contributed by atoms with E-state index in [1.807, 2.05) is 30.5 Å². The van der Waals surface area contributed by atoms with Gasteiger partial charge in [-0.1, -0.05) is 43.7 Å². The number of piperazine rings is 1. The van der Waals surface area contributed by atoms with Crippen LogP contribution in [0.5, 0.6) is 0 Å². The van der Waals surface area contributed by atoms with Crippen LogP contribution in [0.25, 0.3) is 5.52 Å². The quantitative estimate of drug-likeness (QED) is 0.356. The van der Waals surface area contributed by atoms with Gasteiger partial charge in [0.05, 0.1) is 5.69 Å². The van der Waals surface area contributed by atoms with E-state index >= 15 is 0 Å². The molecule has 1 saturated heterocycles. The van der Waals surface area contributed by atoms with Crippen molar-refractivity contribution in [3.8, 4) is 0 Å². The molecule has 0 N–H and O–H groups in total. The molecule has 4 rings (SSSR count). The molecule has 0 amide bonds. The molecule has 2 atom stereocenters. The minimum absolute atomic E-state index is 0. The highest BCUT2D eigenvalue weighted by molar-refractivity contribution is 6.09. The number of fused-ring (bicyclic) bond motifs is 1. The second-order valence-electron chi connectivity index (χ2n) is 9.87. The summed E-state index contributed by atoms with van der Waals surface area (Å²) in [6, 6.07) is 17.8. The molecular formula is C29H40ClN3O. The molecule has 1 aromatic carbocycles. The highest BCUT2D eigenvalue weighted by atomic mass is 35.5. The second kappa shape index (κ2) is 12.0. The van der Waals surface area contributed by atoms with Gasteiger partial charge in [-0.3, -0.25) is 9.69 Å². The zero-order valence-corrected chi connectivity index (χ0v) is 22.0. The van der Waals surface area contributed by atoms with Gasteiger partial charge in [-0.2, -0.15) is 0 Å².